The van der Waals surface area contributed by atoms with Crippen LogP contribution in [0.15, 0.2) is 18.2 Å². The summed E-state index contributed by atoms with van der Waals surface area (Å²) in [5, 5.41) is 8.78. The zero-order valence-electron chi connectivity index (χ0n) is 12.6. The van der Waals surface area contributed by atoms with E-state index in [1.165, 1.54) is 0 Å². The Morgan fingerprint density at radius 2 is 1.48 bits per heavy atom. The molecule has 0 spiro atoms. The summed E-state index contributed by atoms with van der Waals surface area (Å²) in [6.45, 7) is 0. The minimum Gasteiger partial charge on any atom is -0.478 e. The standard InChI is InChI=1S/C15H6F7NO4/c16-8-7(9(17)11(19)12(10(8)18)27-14(23)26)4-1-2-5(13(24)25)6(3-4)15(20,21)22/h1-3H,(H2,23,26)(H,24,25). The summed E-state index contributed by atoms with van der Waals surface area (Å²) >= 11 is 0. The highest BCUT2D eigenvalue weighted by Gasteiger charge is 2.37. The third kappa shape index (κ3) is 3.64. The van der Waals surface area contributed by atoms with Gasteiger partial charge in [-0.25, -0.2) is 18.4 Å². The highest BCUT2D eigenvalue weighted by Crippen LogP contribution is 2.39. The number of hydrogen-bond acceptors (Lipinski definition) is 3. The van der Waals surface area contributed by atoms with Crippen LogP contribution >= 0.6 is 0 Å². The first-order valence-corrected chi connectivity index (χ1v) is 6.64. The summed E-state index contributed by atoms with van der Waals surface area (Å²) < 4.78 is 98.8. The number of carboxylic acid groups (broad SMARTS) is 1. The molecular formula is C15H6F7NO4. The van der Waals surface area contributed by atoms with Crippen molar-refractivity contribution in [3.8, 4) is 16.9 Å². The van der Waals surface area contributed by atoms with Crippen LogP contribution < -0.4 is 10.5 Å². The Bertz CT molecular complexity index is 927. The maximum absolute atomic E-state index is 14.1. The van der Waals surface area contributed by atoms with Crippen molar-refractivity contribution in [1.29, 1.82) is 0 Å². The fraction of sp³-hybridized carbons (Fsp3) is 0.0667. The van der Waals surface area contributed by atoms with E-state index < -0.39 is 69.5 Å². The maximum atomic E-state index is 14.1. The average molecular weight is 397 g/mol. The van der Waals surface area contributed by atoms with E-state index in [0.29, 0.717) is 12.1 Å². The molecule has 0 aliphatic heterocycles. The number of benzene rings is 2. The van der Waals surface area contributed by atoms with Crippen molar-refractivity contribution in [2.24, 2.45) is 5.73 Å². The molecule has 5 nitrogen and oxygen atoms in total. The Morgan fingerprint density at radius 3 is 1.89 bits per heavy atom. The summed E-state index contributed by atoms with van der Waals surface area (Å²) in [6, 6.07) is 0.898. The number of carbonyl (C=O) groups excluding carboxylic acids is 1. The van der Waals surface area contributed by atoms with Gasteiger partial charge in [-0.1, -0.05) is 6.07 Å². The number of rotatable bonds is 3. The lowest BCUT2D eigenvalue weighted by atomic mass is 9.97. The molecule has 0 atom stereocenters. The predicted molar refractivity (Wildman–Crippen MR) is 73.9 cm³/mol. The monoisotopic (exact) mass is 397 g/mol. The third-order valence-electron chi connectivity index (χ3n) is 3.27. The molecule has 2 rings (SSSR count). The van der Waals surface area contributed by atoms with Gasteiger partial charge in [0.05, 0.1) is 16.7 Å². The zero-order chi connectivity index (χ0) is 20.7. The molecule has 1 amide bonds. The largest absolute Gasteiger partial charge is 0.478 e. The number of halogens is 7. The lowest BCUT2D eigenvalue weighted by Crippen LogP contribution is -2.19. The van der Waals surface area contributed by atoms with Crippen molar-refractivity contribution in [2.75, 3.05) is 0 Å². The van der Waals surface area contributed by atoms with Crippen molar-refractivity contribution in [2.45, 2.75) is 6.18 Å². The first-order chi connectivity index (χ1) is 12.4. The number of carboxylic acids is 1. The fourth-order valence-corrected chi connectivity index (χ4v) is 2.18. The Morgan fingerprint density at radius 1 is 0.963 bits per heavy atom. The average Bonchev–Trinajstić information content (AvgIpc) is 2.56. The molecule has 2 aromatic rings. The number of hydrogen-bond donors (Lipinski definition) is 2. The quantitative estimate of drug-likeness (QED) is 0.603. The van der Waals surface area contributed by atoms with Crippen LogP contribution in [-0.4, -0.2) is 17.2 Å². The van der Waals surface area contributed by atoms with E-state index in [4.69, 9.17) is 5.11 Å². The summed E-state index contributed by atoms with van der Waals surface area (Å²) in [4.78, 5) is 21.4. The molecule has 27 heavy (non-hydrogen) atoms. The highest BCUT2D eigenvalue weighted by molar-refractivity contribution is 5.90. The lowest BCUT2D eigenvalue weighted by molar-refractivity contribution is -0.138. The minimum atomic E-state index is -5.25. The van der Waals surface area contributed by atoms with E-state index in [0.717, 1.165) is 0 Å². The SMILES string of the molecule is NC(=O)Oc1c(F)c(F)c(-c2ccc(C(=O)O)c(C(F)(F)F)c2)c(F)c1F. The first-order valence-electron chi connectivity index (χ1n) is 6.64. The van der Waals surface area contributed by atoms with Gasteiger partial charge in [-0.05, 0) is 17.7 Å². The van der Waals surface area contributed by atoms with Crippen molar-refractivity contribution >= 4 is 12.1 Å². The number of primary amides is 1. The zero-order valence-corrected chi connectivity index (χ0v) is 12.6. The van der Waals surface area contributed by atoms with Gasteiger partial charge in [0.15, 0.2) is 11.6 Å². The molecule has 144 valence electrons. The predicted octanol–water partition coefficient (Wildman–Crippen LogP) is 4.08. The molecule has 3 N–H and O–H groups in total. The lowest BCUT2D eigenvalue weighted by Gasteiger charge is -2.15. The molecule has 0 aliphatic carbocycles. The van der Waals surface area contributed by atoms with Crippen LogP contribution in [0.3, 0.4) is 0 Å². The van der Waals surface area contributed by atoms with Crippen LogP contribution in [0.5, 0.6) is 5.75 Å². The van der Waals surface area contributed by atoms with E-state index in [-0.39, 0.29) is 6.07 Å². The second kappa shape index (κ2) is 6.78. The molecule has 0 saturated carbocycles. The number of carbonyl (C=O) groups is 2. The van der Waals surface area contributed by atoms with Crippen molar-refractivity contribution < 1.29 is 50.2 Å². The molecule has 2 aromatic carbocycles. The second-order valence-corrected chi connectivity index (χ2v) is 4.94. The molecule has 0 aliphatic rings. The number of amides is 1. The summed E-state index contributed by atoms with van der Waals surface area (Å²) in [7, 11) is 0. The van der Waals surface area contributed by atoms with Crippen molar-refractivity contribution in [1.82, 2.24) is 0 Å². The Labute approximate surface area is 144 Å². The highest BCUT2D eigenvalue weighted by atomic mass is 19.4. The van der Waals surface area contributed by atoms with Gasteiger partial charge in [0.2, 0.25) is 17.4 Å². The molecule has 0 unspecified atom stereocenters. The third-order valence-corrected chi connectivity index (χ3v) is 3.27. The molecule has 0 aromatic heterocycles. The number of alkyl halides is 3. The van der Waals surface area contributed by atoms with Gasteiger partial charge >= 0.3 is 18.2 Å². The van der Waals surface area contributed by atoms with Crippen LogP contribution in [-0.2, 0) is 6.18 Å². The topological polar surface area (TPSA) is 89.6 Å². The van der Waals surface area contributed by atoms with Crippen LogP contribution in [0.2, 0.25) is 0 Å². The summed E-state index contributed by atoms with van der Waals surface area (Å²) in [5.74, 6) is -12.6. The van der Waals surface area contributed by atoms with Crippen LogP contribution in [0.4, 0.5) is 35.5 Å². The summed E-state index contributed by atoms with van der Waals surface area (Å²) in [6.07, 6.45) is -7.05. The smallest absolute Gasteiger partial charge is 0.417 e. The Balaban J connectivity index is 2.80. The van der Waals surface area contributed by atoms with Gasteiger partial charge in [0, 0.05) is 0 Å². The Kier molecular flexibility index (Phi) is 5.02. The van der Waals surface area contributed by atoms with Gasteiger partial charge in [0.1, 0.15) is 0 Å². The van der Waals surface area contributed by atoms with Gasteiger partial charge in [-0.2, -0.15) is 22.0 Å². The van der Waals surface area contributed by atoms with E-state index in [2.05, 4.69) is 10.5 Å². The molecule has 0 radical (unpaired) electrons. The van der Waals surface area contributed by atoms with Gasteiger partial charge < -0.3 is 15.6 Å². The van der Waals surface area contributed by atoms with Crippen molar-refractivity contribution in [3.05, 3.63) is 52.6 Å². The molecule has 0 fully saturated rings. The van der Waals surface area contributed by atoms with Crippen LogP contribution in [0.1, 0.15) is 15.9 Å². The van der Waals surface area contributed by atoms with Gasteiger partial charge in [-0.3, -0.25) is 0 Å². The van der Waals surface area contributed by atoms with E-state index in [1.54, 1.807) is 0 Å². The number of ether oxygens (including phenoxy) is 1. The molecule has 0 saturated heterocycles. The molecular weight excluding hydrogens is 391 g/mol. The molecule has 0 bridgehead atoms. The fourth-order valence-electron chi connectivity index (χ4n) is 2.18. The van der Waals surface area contributed by atoms with Crippen LogP contribution in [0.25, 0.3) is 11.1 Å². The van der Waals surface area contributed by atoms with Gasteiger partial charge in [-0.15, -0.1) is 0 Å². The minimum absolute atomic E-state index is 0.0123. The van der Waals surface area contributed by atoms with E-state index >= 15 is 0 Å². The molecule has 12 heteroatoms. The second-order valence-electron chi connectivity index (χ2n) is 4.94. The number of aromatic carboxylic acids is 1. The molecule has 0 heterocycles. The van der Waals surface area contributed by atoms with Gasteiger partial charge in [0.25, 0.3) is 0 Å². The maximum Gasteiger partial charge on any atom is 0.417 e. The normalized spacial score (nSPS) is 11.4. The summed E-state index contributed by atoms with van der Waals surface area (Å²) in [5.41, 5.74) is -1.12. The van der Waals surface area contributed by atoms with E-state index in [9.17, 15) is 40.3 Å². The number of nitrogens with two attached hydrogens (primary N) is 1. The van der Waals surface area contributed by atoms with E-state index in [1.807, 2.05) is 0 Å². The van der Waals surface area contributed by atoms with Crippen molar-refractivity contribution in [3.63, 3.8) is 0 Å². The first kappa shape index (κ1) is 20.0. The van der Waals surface area contributed by atoms with Crippen LogP contribution in [0, 0.1) is 23.3 Å². The Hall–Kier alpha value is -3.31.